The van der Waals surface area contributed by atoms with Gasteiger partial charge in [-0.05, 0) is 35.8 Å². The molecule has 8 heteroatoms. The molecule has 0 aliphatic rings. The summed E-state index contributed by atoms with van der Waals surface area (Å²) in [6, 6.07) is 14.0. The number of carbonyl (C=O) groups is 2. The zero-order chi connectivity index (χ0) is 24.4. The summed E-state index contributed by atoms with van der Waals surface area (Å²) >= 11 is 0. The average molecular weight is 482 g/mol. The fourth-order valence-corrected chi connectivity index (χ4v) is 4.28. The van der Waals surface area contributed by atoms with Gasteiger partial charge in [-0.2, -0.15) is 5.10 Å². The second-order valence-electron chi connectivity index (χ2n) is 8.56. The molecule has 0 fully saturated rings. The van der Waals surface area contributed by atoms with Crippen molar-refractivity contribution in [3.05, 3.63) is 77.9 Å². The number of carboxylic acid groups (broad SMARTS) is 1. The van der Waals surface area contributed by atoms with E-state index in [-0.39, 0.29) is 47.7 Å². The molecular formula is C27H24FN2NaO4. The summed E-state index contributed by atoms with van der Waals surface area (Å²) in [7, 11) is 0. The van der Waals surface area contributed by atoms with Crippen molar-refractivity contribution in [3.8, 4) is 11.1 Å². The largest absolute Gasteiger partial charge is 1.00 e. The number of aliphatic carboxylic acids is 1. The summed E-state index contributed by atoms with van der Waals surface area (Å²) in [4.78, 5) is 23.2. The maximum absolute atomic E-state index is 13.7. The molecule has 0 radical (unpaired) electrons. The van der Waals surface area contributed by atoms with Gasteiger partial charge in [0.25, 0.3) is 0 Å². The van der Waals surface area contributed by atoms with Crippen molar-refractivity contribution >= 4 is 34.1 Å². The number of ketones is 1. The van der Waals surface area contributed by atoms with Gasteiger partial charge in [0.15, 0.2) is 5.78 Å². The molecule has 1 unspecified atom stereocenters. The van der Waals surface area contributed by atoms with Crippen LogP contribution in [0.2, 0.25) is 0 Å². The summed E-state index contributed by atoms with van der Waals surface area (Å²) in [6.07, 6.45) is 2.55. The molecule has 4 rings (SSSR count). The third kappa shape index (κ3) is 5.70. The zero-order valence-electron chi connectivity index (χ0n) is 19.9. The molecule has 0 amide bonds. The molecule has 0 saturated carbocycles. The summed E-state index contributed by atoms with van der Waals surface area (Å²) in [5.41, 5.74) is 4.06. The number of benzene rings is 2. The van der Waals surface area contributed by atoms with Crippen molar-refractivity contribution < 1.29 is 53.7 Å². The topological polar surface area (TPSA) is 94.7 Å². The molecule has 4 aromatic rings. The molecule has 0 saturated heterocycles. The third-order valence-corrected chi connectivity index (χ3v) is 5.71. The number of carbonyl (C=O) groups excluding carboxylic acids is 2. The first-order valence-electron chi connectivity index (χ1n) is 11.0. The van der Waals surface area contributed by atoms with E-state index < -0.39 is 24.3 Å². The average Bonchev–Trinajstić information content (AvgIpc) is 3.12. The molecule has 1 atom stereocenters. The Morgan fingerprint density at radius 2 is 1.80 bits per heavy atom. The van der Waals surface area contributed by atoms with Crippen LogP contribution in [-0.4, -0.2) is 32.6 Å². The smallest absolute Gasteiger partial charge is 0.550 e. The minimum absolute atomic E-state index is 0. The summed E-state index contributed by atoms with van der Waals surface area (Å²) < 4.78 is 15.6. The van der Waals surface area contributed by atoms with Crippen LogP contribution in [-0.2, 0) is 9.59 Å². The molecule has 0 bridgehead atoms. The SMILES string of the molecule is CC(C)c1c(/C=C/C(=O)CC(O)CC(=O)[O-])c(-c2ccc(F)cc2)c2c3ccccc3cnn12.[Na+]. The van der Waals surface area contributed by atoms with Gasteiger partial charge in [-0.1, -0.05) is 50.2 Å². The van der Waals surface area contributed by atoms with Gasteiger partial charge in [-0.15, -0.1) is 0 Å². The first-order valence-corrected chi connectivity index (χ1v) is 11.0. The fourth-order valence-electron chi connectivity index (χ4n) is 4.28. The van der Waals surface area contributed by atoms with Crippen LogP contribution >= 0.6 is 0 Å². The molecule has 2 aromatic carbocycles. The van der Waals surface area contributed by atoms with Crippen LogP contribution in [0, 0.1) is 5.82 Å². The number of hydrogen-bond acceptors (Lipinski definition) is 5. The van der Waals surface area contributed by atoms with Crippen molar-refractivity contribution in [1.82, 2.24) is 9.61 Å². The van der Waals surface area contributed by atoms with E-state index in [9.17, 15) is 24.2 Å². The van der Waals surface area contributed by atoms with Crippen molar-refractivity contribution in [1.29, 1.82) is 0 Å². The first kappa shape index (κ1) is 26.8. The predicted octanol–water partition coefficient (Wildman–Crippen LogP) is 0.894. The van der Waals surface area contributed by atoms with Crippen molar-refractivity contribution in [2.45, 2.75) is 38.7 Å². The summed E-state index contributed by atoms with van der Waals surface area (Å²) in [5, 5.41) is 27.1. The Labute approximate surface area is 224 Å². The Balaban J connectivity index is 0.00000342. The van der Waals surface area contributed by atoms with Gasteiger partial charge in [0.1, 0.15) is 5.82 Å². The van der Waals surface area contributed by atoms with Gasteiger partial charge < -0.3 is 15.0 Å². The molecular weight excluding hydrogens is 458 g/mol. The van der Waals surface area contributed by atoms with E-state index >= 15 is 0 Å². The first-order chi connectivity index (χ1) is 16.3. The van der Waals surface area contributed by atoms with Crippen LogP contribution in [0.3, 0.4) is 0 Å². The Hall–Kier alpha value is -2.84. The molecule has 35 heavy (non-hydrogen) atoms. The quantitative estimate of drug-likeness (QED) is 0.298. The summed E-state index contributed by atoms with van der Waals surface area (Å²) in [5.74, 6) is -2.15. The number of allylic oxidation sites excluding steroid dienone is 1. The number of fused-ring (bicyclic) bond motifs is 3. The normalized spacial score (nSPS) is 12.4. The number of aliphatic hydroxyl groups excluding tert-OH is 1. The zero-order valence-corrected chi connectivity index (χ0v) is 21.9. The van der Waals surface area contributed by atoms with Crippen LogP contribution in [0.4, 0.5) is 4.39 Å². The number of nitrogens with zero attached hydrogens (tertiary/aromatic N) is 2. The third-order valence-electron chi connectivity index (χ3n) is 5.71. The van der Waals surface area contributed by atoms with Gasteiger partial charge in [-0.3, -0.25) is 4.79 Å². The molecule has 2 heterocycles. The monoisotopic (exact) mass is 482 g/mol. The van der Waals surface area contributed by atoms with Crippen molar-refractivity contribution in [2.24, 2.45) is 0 Å². The fraction of sp³-hybridized carbons (Fsp3) is 0.222. The maximum atomic E-state index is 13.7. The van der Waals surface area contributed by atoms with E-state index in [1.54, 1.807) is 24.4 Å². The van der Waals surface area contributed by atoms with Gasteiger partial charge in [0, 0.05) is 40.7 Å². The minimum atomic E-state index is -1.42. The van der Waals surface area contributed by atoms with Crippen molar-refractivity contribution in [2.75, 3.05) is 0 Å². The van der Waals surface area contributed by atoms with E-state index in [1.807, 2.05) is 42.6 Å². The minimum Gasteiger partial charge on any atom is -0.550 e. The molecule has 6 nitrogen and oxygen atoms in total. The van der Waals surface area contributed by atoms with Crippen LogP contribution in [0.1, 0.15) is 43.9 Å². The number of rotatable bonds is 8. The standard InChI is InChI=1S/C27H25FN2O4.Na/c1-16(2)26-23(12-11-20(31)13-21(32)14-24(33)34)25(17-7-9-19(28)10-8-17)27-22-6-4-3-5-18(22)15-29-30(26)27;/h3-12,15-16,21,32H,13-14H2,1-2H3,(H,33,34);/q;+1/p-1/b12-11+;. The molecule has 0 aliphatic heterocycles. The van der Waals surface area contributed by atoms with Gasteiger partial charge in [0.2, 0.25) is 0 Å². The van der Waals surface area contributed by atoms with E-state index in [4.69, 9.17) is 0 Å². The maximum Gasteiger partial charge on any atom is 1.00 e. The van der Waals surface area contributed by atoms with Gasteiger partial charge in [0.05, 0.1) is 23.5 Å². The number of aromatic nitrogens is 2. The Morgan fingerprint density at radius 3 is 2.46 bits per heavy atom. The molecule has 2 aromatic heterocycles. The second kappa shape index (κ2) is 11.3. The van der Waals surface area contributed by atoms with Crippen molar-refractivity contribution in [3.63, 3.8) is 0 Å². The van der Waals surface area contributed by atoms with Crippen LogP contribution in [0.25, 0.3) is 33.5 Å². The summed E-state index contributed by atoms with van der Waals surface area (Å²) in [6.45, 7) is 4.05. The second-order valence-corrected chi connectivity index (χ2v) is 8.56. The van der Waals surface area contributed by atoms with E-state index in [2.05, 4.69) is 5.10 Å². The number of aliphatic hydroxyl groups is 1. The molecule has 0 aliphatic carbocycles. The van der Waals surface area contributed by atoms with Gasteiger partial charge in [-0.25, -0.2) is 8.91 Å². The van der Waals surface area contributed by atoms with Gasteiger partial charge >= 0.3 is 29.6 Å². The van der Waals surface area contributed by atoms with Crippen LogP contribution in [0.15, 0.2) is 60.8 Å². The van der Waals surface area contributed by atoms with E-state index in [1.165, 1.54) is 18.2 Å². The number of carboxylic acids is 1. The Kier molecular flexibility index (Phi) is 8.61. The van der Waals surface area contributed by atoms with Crippen LogP contribution < -0.4 is 34.7 Å². The molecule has 1 N–H and O–H groups in total. The van der Waals surface area contributed by atoms with E-state index in [0.717, 1.165) is 38.7 Å². The molecule has 174 valence electrons. The Bertz CT molecular complexity index is 1410. The van der Waals surface area contributed by atoms with Crippen LogP contribution in [0.5, 0.6) is 0 Å². The predicted molar refractivity (Wildman–Crippen MR) is 126 cm³/mol. The molecule has 0 spiro atoms. The van der Waals surface area contributed by atoms with E-state index in [0.29, 0.717) is 0 Å². The number of halogens is 1. The number of hydrogen-bond donors (Lipinski definition) is 1. The Morgan fingerprint density at radius 1 is 1.11 bits per heavy atom.